The number of imidazole rings is 1. The second kappa shape index (κ2) is 34.4. The highest BCUT2D eigenvalue weighted by Gasteiger charge is 2.41. The molecule has 0 bridgehead atoms. The number of aliphatic hydroxyl groups excluding tert-OH is 1. The first-order chi connectivity index (χ1) is 43.1. The van der Waals surface area contributed by atoms with Gasteiger partial charge in [0, 0.05) is 81.2 Å². The lowest BCUT2D eigenvalue weighted by Crippen LogP contribution is -2.63. The number of amides is 10. The molecule has 0 aliphatic carbocycles. The Morgan fingerprint density at radius 2 is 1.34 bits per heavy atom. The number of likely N-dealkylation sites (tertiary alicyclic amines) is 1. The van der Waals surface area contributed by atoms with Crippen LogP contribution in [0.25, 0.3) is 10.9 Å². The number of aromatic amines is 2. The summed E-state index contributed by atoms with van der Waals surface area (Å²) in [7, 11) is 0. The van der Waals surface area contributed by atoms with Crippen LogP contribution in [0.5, 0.6) is 5.75 Å². The summed E-state index contributed by atoms with van der Waals surface area (Å²) in [6.45, 7) is 11.3. The molecule has 6 rings (SSSR count). The van der Waals surface area contributed by atoms with Gasteiger partial charge in [-0.15, -0.1) is 0 Å². The number of hydrogen-bond donors (Lipinski definition) is 16. The van der Waals surface area contributed by atoms with E-state index in [0.29, 0.717) is 41.6 Å². The van der Waals surface area contributed by atoms with Gasteiger partial charge < -0.3 is 89.5 Å². The SMILES string of the molecule is CC(=O)O.CCNC(=O)C1CCCN1C(=O)C(CCCN=C(N)N)NC(=O)C(CC(C)C)NC(=O)C(NC(=O)C(Cc1ccc(O)cc1)NC(=O)C(CO)NC(=O)C(Cc1c[nH]c2ccccc12)NC(=O)C(Cc1cnc[nH]1)NC(=O)C1CCC(=O)N1)C(C)(C)C. The number of nitrogens with zero attached hydrogens (tertiary/aromatic N) is 3. The number of H-pyrrole nitrogens is 2. The number of carbonyl (C=O) groups is 11. The molecule has 496 valence electrons. The lowest BCUT2D eigenvalue weighted by molar-refractivity contribution is -0.142. The molecule has 0 spiro atoms. The van der Waals surface area contributed by atoms with Crippen LogP contribution in [0.15, 0.2) is 72.2 Å². The molecular weight excluding hydrogens is 1180 g/mol. The number of aromatic hydroxyl groups is 1. The number of fused-ring (bicyclic) bond motifs is 1. The van der Waals surface area contributed by atoms with Gasteiger partial charge in [-0.25, -0.2) is 4.98 Å². The molecule has 2 saturated heterocycles. The van der Waals surface area contributed by atoms with Gasteiger partial charge in [0.15, 0.2) is 5.96 Å². The van der Waals surface area contributed by atoms with Crippen LogP contribution in [0, 0.1) is 11.3 Å². The number of carbonyl (C=O) groups excluding carboxylic acids is 10. The van der Waals surface area contributed by atoms with Crippen LogP contribution in [0.4, 0.5) is 0 Å². The van der Waals surface area contributed by atoms with E-state index in [1.54, 1.807) is 52.1 Å². The van der Waals surface area contributed by atoms with Gasteiger partial charge in [0.05, 0.1) is 12.9 Å². The maximum absolute atomic E-state index is 14.8. The van der Waals surface area contributed by atoms with Crippen LogP contribution >= 0.6 is 0 Å². The summed E-state index contributed by atoms with van der Waals surface area (Å²) in [4.78, 5) is 164. The Labute approximate surface area is 526 Å². The number of likely N-dealkylation sites (N-methyl/N-ethyl adjacent to an activating group) is 1. The molecule has 9 unspecified atom stereocenters. The standard InChI is InChI=1S/C59H84N16O12.C2H4O2/c1-7-63-55(85)46-15-11-23-75(46)57(87)40(14-10-22-64-58(60)61)68-50(80)41(24-32(2)3)72-56(86)48(59(4,5)6)74-53(83)42(25-33-16-18-36(77)19-17-33)69-54(84)45(30-76)73-51(81)43(26-34-28-65-38-13-9-8-12-37(34)38)70-52(82)44(27-35-29-62-31-66-35)71-49(79)39-20-21-47(78)67-39;1-2(3)4/h8-9,12-13,16-19,28-29,31-32,39-46,48,65,76-77H,7,10-11,14-15,20-27,30H2,1-6H3,(H,62,66)(H,63,85)(H,67,78)(H,68,80)(H,69,84)(H,70,82)(H,71,79)(H,72,86)(H,73,81)(H,74,83)(H4,60,61,64);1H3,(H,3,4). The molecule has 0 radical (unpaired) electrons. The third-order valence-electron chi connectivity index (χ3n) is 15.0. The quantitative estimate of drug-likeness (QED) is 0.0163. The fourth-order valence-corrected chi connectivity index (χ4v) is 10.4. The van der Waals surface area contributed by atoms with Crippen molar-refractivity contribution in [1.29, 1.82) is 0 Å². The average molecular weight is 1270 g/mol. The number of hydrogen-bond acceptors (Lipinski definition) is 15. The summed E-state index contributed by atoms with van der Waals surface area (Å²) in [5.74, 6) is -8.25. The number of nitrogens with two attached hydrogens (primary N) is 2. The number of carboxylic acid groups (broad SMARTS) is 1. The molecule has 18 N–H and O–H groups in total. The van der Waals surface area contributed by atoms with Gasteiger partial charge in [0.25, 0.3) is 5.97 Å². The first kappa shape index (κ1) is 72.1. The predicted octanol–water partition coefficient (Wildman–Crippen LogP) is -1.35. The van der Waals surface area contributed by atoms with Crippen molar-refractivity contribution in [3.05, 3.63) is 84.1 Å². The summed E-state index contributed by atoms with van der Waals surface area (Å²) < 4.78 is 0. The third-order valence-corrected chi connectivity index (χ3v) is 15.0. The molecule has 10 amide bonds. The Hall–Kier alpha value is -9.61. The molecular formula is C61H88N16O14. The molecule has 2 aromatic carbocycles. The Morgan fingerprint density at radius 3 is 1.93 bits per heavy atom. The Kier molecular flexibility index (Phi) is 27.3. The molecule has 4 aromatic rings. The van der Waals surface area contributed by atoms with E-state index in [2.05, 4.69) is 67.8 Å². The number of aliphatic imine (C=N–C) groups is 1. The normalized spacial score (nSPS) is 16.8. The number of phenolic OH excluding ortho intramolecular Hbond substituents is 1. The van der Waals surface area contributed by atoms with E-state index in [0.717, 1.165) is 12.4 Å². The number of nitrogens with one attached hydrogen (secondary N) is 11. The van der Waals surface area contributed by atoms with Gasteiger partial charge in [0.2, 0.25) is 59.1 Å². The predicted molar refractivity (Wildman–Crippen MR) is 333 cm³/mol. The smallest absolute Gasteiger partial charge is 0.300 e. The molecule has 4 heterocycles. The number of aliphatic hydroxyl groups is 1. The first-order valence-corrected chi connectivity index (χ1v) is 30.2. The van der Waals surface area contributed by atoms with Crippen LogP contribution < -0.4 is 59.3 Å². The molecule has 91 heavy (non-hydrogen) atoms. The average Bonchev–Trinajstić information content (AvgIpc) is 1.99. The Balaban J connectivity index is 0.00000365. The Morgan fingerprint density at radius 1 is 0.747 bits per heavy atom. The summed E-state index contributed by atoms with van der Waals surface area (Å²) >= 11 is 0. The van der Waals surface area contributed by atoms with Crippen LogP contribution in [-0.2, 0) is 72.0 Å². The molecule has 30 nitrogen and oxygen atoms in total. The number of guanidine groups is 1. The maximum Gasteiger partial charge on any atom is 0.300 e. The van der Waals surface area contributed by atoms with Crippen molar-refractivity contribution in [1.82, 2.24) is 67.7 Å². The van der Waals surface area contributed by atoms with Gasteiger partial charge in [-0.3, -0.25) is 57.7 Å². The summed E-state index contributed by atoms with van der Waals surface area (Å²) in [5.41, 5.74) is 12.2. The van der Waals surface area contributed by atoms with Gasteiger partial charge in [-0.1, -0.05) is 65.0 Å². The van der Waals surface area contributed by atoms with Crippen LogP contribution in [0.1, 0.15) is 110 Å². The molecule has 0 saturated carbocycles. The van der Waals surface area contributed by atoms with Crippen LogP contribution in [0.3, 0.4) is 0 Å². The van der Waals surface area contributed by atoms with Crippen LogP contribution in [-0.4, -0.2) is 187 Å². The van der Waals surface area contributed by atoms with E-state index in [4.69, 9.17) is 21.4 Å². The monoisotopic (exact) mass is 1270 g/mol. The summed E-state index contributed by atoms with van der Waals surface area (Å²) in [6.07, 6.45) is 5.71. The summed E-state index contributed by atoms with van der Waals surface area (Å²) in [5, 5.41) is 53.3. The highest BCUT2D eigenvalue weighted by atomic mass is 16.4. The minimum absolute atomic E-state index is 0.0821. The molecule has 2 aliphatic rings. The second-order valence-corrected chi connectivity index (χ2v) is 23.9. The number of benzene rings is 2. The van der Waals surface area contributed by atoms with Crippen molar-refractivity contribution < 1.29 is 68.1 Å². The van der Waals surface area contributed by atoms with Crippen LogP contribution in [0.2, 0.25) is 0 Å². The van der Waals surface area contributed by atoms with E-state index in [1.165, 1.54) is 41.7 Å². The number of aromatic nitrogens is 3. The van der Waals surface area contributed by atoms with Crippen molar-refractivity contribution in [2.45, 2.75) is 167 Å². The zero-order valence-corrected chi connectivity index (χ0v) is 52.4. The molecule has 2 aromatic heterocycles. The van der Waals surface area contributed by atoms with Gasteiger partial charge in [-0.05, 0) is 86.1 Å². The van der Waals surface area contributed by atoms with E-state index in [9.17, 15) is 58.2 Å². The number of aliphatic carboxylic acids is 1. The van der Waals surface area contributed by atoms with Gasteiger partial charge in [0.1, 0.15) is 60.1 Å². The minimum atomic E-state index is -1.76. The van der Waals surface area contributed by atoms with E-state index < -0.39 is 120 Å². The molecule has 2 fully saturated rings. The highest BCUT2D eigenvalue weighted by molar-refractivity contribution is 5.99. The zero-order valence-electron chi connectivity index (χ0n) is 52.4. The largest absolute Gasteiger partial charge is 0.508 e. The number of para-hydroxylation sites is 1. The number of phenols is 1. The maximum atomic E-state index is 14.8. The Bertz CT molecular complexity index is 3190. The van der Waals surface area contributed by atoms with Crippen molar-refractivity contribution in [2.24, 2.45) is 27.8 Å². The van der Waals surface area contributed by atoms with Crippen molar-refractivity contribution in [2.75, 3.05) is 26.2 Å². The molecule has 2 aliphatic heterocycles. The minimum Gasteiger partial charge on any atom is -0.508 e. The fraction of sp³-hybridized carbons (Fsp3) is 0.525. The fourth-order valence-electron chi connectivity index (χ4n) is 10.4. The van der Waals surface area contributed by atoms with Crippen molar-refractivity contribution >= 4 is 81.9 Å². The first-order valence-electron chi connectivity index (χ1n) is 30.2. The lowest BCUT2D eigenvalue weighted by atomic mass is 9.85. The topological polar surface area (TPSA) is 469 Å². The number of rotatable bonds is 30. The zero-order chi connectivity index (χ0) is 67.1. The highest BCUT2D eigenvalue weighted by Crippen LogP contribution is 2.24. The van der Waals surface area contributed by atoms with Crippen molar-refractivity contribution in [3.63, 3.8) is 0 Å². The summed E-state index contributed by atoms with van der Waals surface area (Å²) in [6, 6.07) is 1.42. The van der Waals surface area contributed by atoms with Crippen molar-refractivity contribution in [3.8, 4) is 5.75 Å². The number of carboxylic acids is 1. The van der Waals surface area contributed by atoms with E-state index in [-0.39, 0.29) is 93.9 Å². The van der Waals surface area contributed by atoms with E-state index in [1.807, 2.05) is 19.9 Å². The second-order valence-electron chi connectivity index (χ2n) is 23.9. The van der Waals surface area contributed by atoms with E-state index >= 15 is 0 Å². The molecule has 30 heteroatoms. The van der Waals surface area contributed by atoms with Gasteiger partial charge in [-0.2, -0.15) is 0 Å². The van der Waals surface area contributed by atoms with Gasteiger partial charge >= 0.3 is 0 Å². The third kappa shape index (κ3) is 22.4. The lowest BCUT2D eigenvalue weighted by Gasteiger charge is -2.34. The molecule has 9 atom stereocenters.